The molecule has 0 unspecified atom stereocenters. The van der Waals surface area contributed by atoms with Crippen molar-refractivity contribution >= 4 is 5.97 Å². The Hall–Kier alpha value is -1.46. The number of hydrogen-bond donors (Lipinski definition) is 0. The van der Waals surface area contributed by atoms with E-state index in [2.05, 4.69) is 4.90 Å². The summed E-state index contributed by atoms with van der Waals surface area (Å²) in [6.07, 6.45) is 6.49. The number of carbonyl (C=O) groups is 1. The van der Waals surface area contributed by atoms with Crippen LogP contribution in [0.4, 0.5) is 4.39 Å². The maximum absolute atomic E-state index is 14.5. The molecule has 5 heteroatoms. The van der Waals surface area contributed by atoms with Crippen LogP contribution in [0.25, 0.3) is 0 Å². The van der Waals surface area contributed by atoms with E-state index in [1.807, 2.05) is 0 Å². The van der Waals surface area contributed by atoms with Gasteiger partial charge in [0.1, 0.15) is 5.82 Å². The molecule has 4 nitrogen and oxygen atoms in total. The molecule has 1 aromatic rings. The zero-order valence-electron chi connectivity index (χ0n) is 14.1. The van der Waals surface area contributed by atoms with Crippen molar-refractivity contribution < 1.29 is 18.7 Å². The van der Waals surface area contributed by atoms with Crippen molar-refractivity contribution in [2.45, 2.75) is 56.7 Å². The highest BCUT2D eigenvalue weighted by atomic mass is 19.1. The lowest BCUT2D eigenvalue weighted by molar-refractivity contribution is -0.149. The minimum absolute atomic E-state index is 0.108. The van der Waals surface area contributed by atoms with Gasteiger partial charge >= 0.3 is 5.97 Å². The Morgan fingerprint density at radius 1 is 1.42 bits per heavy atom. The van der Waals surface area contributed by atoms with Crippen LogP contribution in [-0.4, -0.2) is 42.8 Å². The summed E-state index contributed by atoms with van der Waals surface area (Å²) in [4.78, 5) is 14.1. The Morgan fingerprint density at radius 3 is 2.96 bits per heavy atom. The van der Waals surface area contributed by atoms with Gasteiger partial charge in [-0.15, -0.1) is 0 Å². The van der Waals surface area contributed by atoms with Crippen LogP contribution in [0.3, 0.4) is 0 Å². The minimum Gasteiger partial charge on any atom is -0.465 e. The zero-order valence-corrected chi connectivity index (χ0v) is 14.1. The van der Waals surface area contributed by atoms with E-state index in [1.165, 1.54) is 32.4 Å². The summed E-state index contributed by atoms with van der Waals surface area (Å²) in [6, 6.07) is 3.58. The van der Waals surface area contributed by atoms with E-state index in [4.69, 9.17) is 9.47 Å². The number of rotatable bonds is 2. The molecule has 1 atom stereocenters. The molecule has 3 aliphatic rings. The Labute approximate surface area is 141 Å². The first kappa shape index (κ1) is 16.0. The fraction of sp³-hybridized carbons (Fsp3) is 0.632. The zero-order chi connectivity index (χ0) is 16.7. The third kappa shape index (κ3) is 2.74. The van der Waals surface area contributed by atoms with Gasteiger partial charge in [0.05, 0.1) is 18.3 Å². The first-order valence-electron chi connectivity index (χ1n) is 8.88. The van der Waals surface area contributed by atoms with Gasteiger partial charge in [0.15, 0.2) is 0 Å². The van der Waals surface area contributed by atoms with Gasteiger partial charge in [0, 0.05) is 31.3 Å². The smallest absolute Gasteiger partial charge is 0.337 e. The van der Waals surface area contributed by atoms with E-state index in [-0.39, 0.29) is 11.4 Å². The lowest BCUT2D eigenvalue weighted by atomic mass is 9.73. The second-order valence-electron chi connectivity index (χ2n) is 7.34. The highest BCUT2D eigenvalue weighted by Gasteiger charge is 2.44. The molecule has 2 heterocycles. The topological polar surface area (TPSA) is 38.8 Å². The number of esters is 1. The van der Waals surface area contributed by atoms with E-state index in [0.29, 0.717) is 18.2 Å². The second kappa shape index (κ2) is 6.12. The molecule has 24 heavy (non-hydrogen) atoms. The van der Waals surface area contributed by atoms with Gasteiger partial charge in [-0.05, 0) is 56.2 Å². The molecule has 1 saturated heterocycles. The van der Waals surface area contributed by atoms with E-state index >= 15 is 0 Å². The minimum atomic E-state index is -0.476. The summed E-state index contributed by atoms with van der Waals surface area (Å²) in [5.41, 5.74) is 2.10. The molecule has 4 rings (SSSR count). The van der Waals surface area contributed by atoms with Crippen molar-refractivity contribution in [1.82, 2.24) is 4.90 Å². The van der Waals surface area contributed by atoms with Crippen LogP contribution in [0.1, 0.15) is 53.6 Å². The van der Waals surface area contributed by atoms with Crippen LogP contribution >= 0.6 is 0 Å². The molecule has 2 aliphatic heterocycles. The first-order valence-corrected chi connectivity index (χ1v) is 8.88. The second-order valence-corrected chi connectivity index (χ2v) is 7.34. The largest absolute Gasteiger partial charge is 0.465 e. The summed E-state index contributed by atoms with van der Waals surface area (Å²) < 4.78 is 25.3. The molecular formula is C19H24FNO3. The fourth-order valence-corrected chi connectivity index (χ4v) is 4.42. The number of ether oxygens (including phenoxy) is 2. The monoisotopic (exact) mass is 333 g/mol. The summed E-state index contributed by atoms with van der Waals surface area (Å²) in [5.74, 6) is -0.765. The van der Waals surface area contributed by atoms with Crippen LogP contribution in [0.5, 0.6) is 0 Å². The highest BCUT2D eigenvalue weighted by molar-refractivity contribution is 5.89. The quantitative estimate of drug-likeness (QED) is 0.780. The number of halogens is 1. The summed E-state index contributed by atoms with van der Waals surface area (Å²) >= 11 is 0. The van der Waals surface area contributed by atoms with Crippen LogP contribution in [-0.2, 0) is 22.4 Å². The lowest BCUT2D eigenvalue weighted by Gasteiger charge is -2.50. The predicted molar refractivity (Wildman–Crippen MR) is 87.4 cm³/mol. The number of carbonyl (C=O) groups excluding carboxylic acids is 1. The van der Waals surface area contributed by atoms with Gasteiger partial charge in [-0.25, -0.2) is 9.18 Å². The number of benzene rings is 1. The average molecular weight is 333 g/mol. The molecule has 0 N–H and O–H groups in total. The molecule has 0 bridgehead atoms. The molecule has 0 amide bonds. The number of fused-ring (bicyclic) bond motifs is 1. The summed E-state index contributed by atoms with van der Waals surface area (Å²) in [5, 5.41) is 0. The van der Waals surface area contributed by atoms with Gasteiger partial charge in [-0.2, -0.15) is 0 Å². The molecule has 2 fully saturated rings. The van der Waals surface area contributed by atoms with E-state index in [1.54, 1.807) is 6.07 Å². The number of methoxy groups -OCH3 is 1. The summed E-state index contributed by atoms with van der Waals surface area (Å²) in [6.45, 7) is 2.36. The van der Waals surface area contributed by atoms with Crippen LogP contribution < -0.4 is 0 Å². The molecule has 0 radical (unpaired) electrons. The van der Waals surface area contributed by atoms with Crippen molar-refractivity contribution in [2.75, 3.05) is 20.3 Å². The van der Waals surface area contributed by atoms with Gasteiger partial charge in [-0.1, -0.05) is 0 Å². The third-order valence-corrected chi connectivity index (χ3v) is 5.99. The normalized spacial score (nSPS) is 25.8. The van der Waals surface area contributed by atoms with Crippen LogP contribution in [0.15, 0.2) is 12.1 Å². The van der Waals surface area contributed by atoms with E-state index in [0.717, 1.165) is 43.5 Å². The SMILES string of the molecule is COC(=O)c1cc(F)c2c(c1)CCN([C@@H]1CCOC3(CCC3)C1)C2. The van der Waals surface area contributed by atoms with E-state index < -0.39 is 5.97 Å². The van der Waals surface area contributed by atoms with Crippen molar-refractivity contribution in [3.63, 3.8) is 0 Å². The van der Waals surface area contributed by atoms with Gasteiger partial charge in [0.2, 0.25) is 0 Å². The van der Waals surface area contributed by atoms with E-state index in [9.17, 15) is 9.18 Å². The maximum atomic E-state index is 14.5. The highest BCUT2D eigenvalue weighted by Crippen LogP contribution is 2.44. The molecule has 130 valence electrons. The molecule has 0 aromatic heterocycles. The Balaban J connectivity index is 1.52. The van der Waals surface area contributed by atoms with Gasteiger partial charge in [0.25, 0.3) is 0 Å². The van der Waals surface area contributed by atoms with Crippen LogP contribution in [0.2, 0.25) is 0 Å². The van der Waals surface area contributed by atoms with Gasteiger partial charge < -0.3 is 9.47 Å². The Bertz CT molecular complexity index is 656. The fourth-order valence-electron chi connectivity index (χ4n) is 4.42. The standard InChI is InChI=1S/C19H24FNO3/c1-23-18(22)14-9-13-3-7-21(12-16(13)17(20)10-14)15-4-8-24-19(11-15)5-2-6-19/h9-10,15H,2-8,11-12H2,1H3/t15-/m1/s1. The van der Waals surface area contributed by atoms with Crippen LogP contribution in [0, 0.1) is 5.82 Å². The first-order chi connectivity index (χ1) is 11.6. The predicted octanol–water partition coefficient (Wildman–Crippen LogP) is 3.07. The molecule has 1 aliphatic carbocycles. The van der Waals surface area contributed by atoms with Crippen molar-refractivity contribution in [1.29, 1.82) is 0 Å². The Morgan fingerprint density at radius 2 is 2.25 bits per heavy atom. The number of hydrogen-bond acceptors (Lipinski definition) is 4. The number of nitrogens with zero attached hydrogens (tertiary/aromatic N) is 1. The van der Waals surface area contributed by atoms with Crippen molar-refractivity contribution in [3.05, 3.63) is 34.6 Å². The molecule has 1 saturated carbocycles. The van der Waals surface area contributed by atoms with Crippen molar-refractivity contribution in [3.8, 4) is 0 Å². The summed E-state index contributed by atoms with van der Waals surface area (Å²) in [7, 11) is 1.32. The lowest BCUT2D eigenvalue weighted by Crippen LogP contribution is -2.53. The molecule has 1 aromatic carbocycles. The Kier molecular flexibility index (Phi) is 4.09. The molecule has 1 spiro atoms. The van der Waals surface area contributed by atoms with Gasteiger partial charge in [-0.3, -0.25) is 4.90 Å². The molecular weight excluding hydrogens is 309 g/mol. The average Bonchev–Trinajstić information content (AvgIpc) is 2.59. The maximum Gasteiger partial charge on any atom is 0.337 e. The third-order valence-electron chi connectivity index (χ3n) is 5.99. The van der Waals surface area contributed by atoms with Crippen molar-refractivity contribution in [2.24, 2.45) is 0 Å².